The number of fused-ring (bicyclic) bond motifs is 5. The molecule has 4 nitrogen and oxygen atoms in total. The van der Waals surface area contributed by atoms with Crippen LogP contribution in [0.4, 0.5) is 13.2 Å². The van der Waals surface area contributed by atoms with Gasteiger partial charge in [0, 0.05) is 0 Å². The standard InChI is InChI=1S/C14H15F3O4/c1-7(18)12-8(9(19)20-4)13(12,14(15,16)17)11(3)6-5-10(12,2)21-11/h5-6,8H,1-4H3/t8-,10+,11-,12+,13+/m0/s1. The van der Waals surface area contributed by atoms with Gasteiger partial charge in [0.15, 0.2) is 0 Å². The summed E-state index contributed by atoms with van der Waals surface area (Å²) in [5.74, 6) is -3.30. The molecule has 21 heavy (non-hydrogen) atoms. The number of carbonyl (C=O) groups excluding carboxylic acids is 2. The average Bonchev–Trinajstić information content (AvgIpc) is 2.89. The molecule has 2 bridgehead atoms. The van der Waals surface area contributed by atoms with Crippen molar-refractivity contribution in [3.63, 3.8) is 0 Å². The first kappa shape index (κ1) is 14.6. The summed E-state index contributed by atoms with van der Waals surface area (Å²) in [5.41, 5.74) is -7.71. The summed E-state index contributed by atoms with van der Waals surface area (Å²) in [6.45, 7) is 3.78. The maximum Gasteiger partial charge on any atom is 0.399 e. The number of rotatable bonds is 2. The third-order valence-electron chi connectivity index (χ3n) is 5.55. The molecular weight excluding hydrogens is 289 g/mol. The summed E-state index contributed by atoms with van der Waals surface area (Å²) in [7, 11) is 1.02. The van der Waals surface area contributed by atoms with Gasteiger partial charge in [-0.3, -0.25) is 9.59 Å². The van der Waals surface area contributed by atoms with Crippen LogP contribution >= 0.6 is 0 Å². The summed E-state index contributed by atoms with van der Waals surface area (Å²) in [4.78, 5) is 24.2. The number of Topliss-reactive ketones (excluding diaryl/α,β-unsaturated/α-hetero) is 1. The second-order valence-corrected chi connectivity index (χ2v) is 6.28. The molecule has 0 amide bonds. The molecular formula is C14H15F3O4. The van der Waals surface area contributed by atoms with E-state index in [1.807, 2.05) is 0 Å². The van der Waals surface area contributed by atoms with E-state index in [1.165, 1.54) is 26.0 Å². The van der Waals surface area contributed by atoms with Gasteiger partial charge in [-0.25, -0.2) is 0 Å². The normalized spacial score (nSPS) is 50.0. The molecule has 2 heterocycles. The third kappa shape index (κ3) is 1.06. The average molecular weight is 304 g/mol. The van der Waals surface area contributed by atoms with Gasteiger partial charge in [-0.15, -0.1) is 0 Å². The molecule has 0 aromatic rings. The van der Waals surface area contributed by atoms with Crippen LogP contribution in [0.25, 0.3) is 0 Å². The molecule has 0 unspecified atom stereocenters. The molecule has 3 aliphatic rings. The monoisotopic (exact) mass is 304 g/mol. The van der Waals surface area contributed by atoms with Crippen LogP contribution < -0.4 is 0 Å². The Hall–Kier alpha value is -1.37. The van der Waals surface area contributed by atoms with E-state index in [4.69, 9.17) is 4.74 Å². The van der Waals surface area contributed by atoms with Crippen molar-refractivity contribution in [2.24, 2.45) is 16.7 Å². The summed E-state index contributed by atoms with van der Waals surface area (Å²) in [6, 6.07) is 0. The van der Waals surface area contributed by atoms with E-state index in [0.29, 0.717) is 0 Å². The molecule has 1 saturated heterocycles. The van der Waals surface area contributed by atoms with Crippen molar-refractivity contribution in [1.29, 1.82) is 0 Å². The van der Waals surface area contributed by atoms with Crippen LogP contribution in [0.15, 0.2) is 12.2 Å². The molecule has 1 saturated carbocycles. The Morgan fingerprint density at radius 3 is 2.10 bits per heavy atom. The lowest BCUT2D eigenvalue weighted by molar-refractivity contribution is -0.232. The predicted molar refractivity (Wildman–Crippen MR) is 64.1 cm³/mol. The van der Waals surface area contributed by atoms with E-state index in [9.17, 15) is 22.8 Å². The summed E-state index contributed by atoms with van der Waals surface area (Å²) < 4.78 is 51.9. The number of carbonyl (C=O) groups is 2. The van der Waals surface area contributed by atoms with Crippen molar-refractivity contribution in [1.82, 2.24) is 0 Å². The zero-order chi connectivity index (χ0) is 16.1. The molecule has 3 rings (SSSR count). The van der Waals surface area contributed by atoms with Crippen LogP contribution in [-0.4, -0.2) is 36.2 Å². The van der Waals surface area contributed by atoms with Gasteiger partial charge in [-0.05, 0) is 20.8 Å². The maximum atomic E-state index is 13.9. The first-order valence-corrected chi connectivity index (χ1v) is 6.52. The minimum Gasteiger partial charge on any atom is -0.469 e. The SMILES string of the molecule is COC(=O)[C@H]1[C@@]2(C(C)=O)[C@]1(C(F)(F)F)[C@]1(C)C=C[C@@]2(C)O1. The van der Waals surface area contributed by atoms with Crippen LogP contribution in [-0.2, 0) is 19.1 Å². The van der Waals surface area contributed by atoms with E-state index >= 15 is 0 Å². The molecule has 0 N–H and O–H groups in total. The highest BCUT2D eigenvalue weighted by Crippen LogP contribution is 2.90. The predicted octanol–water partition coefficient (Wildman–Crippen LogP) is 2.03. The number of hydrogen-bond donors (Lipinski definition) is 0. The number of ether oxygens (including phenoxy) is 2. The molecule has 2 fully saturated rings. The van der Waals surface area contributed by atoms with Gasteiger partial charge >= 0.3 is 12.1 Å². The lowest BCUT2D eigenvalue weighted by Gasteiger charge is -2.33. The van der Waals surface area contributed by atoms with Gasteiger partial charge in [-0.1, -0.05) is 12.2 Å². The fraction of sp³-hybridized carbons (Fsp3) is 0.714. The van der Waals surface area contributed by atoms with E-state index < -0.39 is 45.9 Å². The van der Waals surface area contributed by atoms with Crippen LogP contribution in [0.2, 0.25) is 0 Å². The number of methoxy groups -OCH3 is 1. The second-order valence-electron chi connectivity index (χ2n) is 6.28. The van der Waals surface area contributed by atoms with Gasteiger partial charge < -0.3 is 9.47 Å². The Morgan fingerprint density at radius 1 is 1.19 bits per heavy atom. The van der Waals surface area contributed by atoms with Crippen LogP contribution in [0.1, 0.15) is 20.8 Å². The molecule has 116 valence electrons. The minimum atomic E-state index is -4.77. The zero-order valence-electron chi connectivity index (χ0n) is 12.0. The first-order chi connectivity index (χ1) is 9.46. The molecule has 1 aliphatic carbocycles. The number of hydrogen-bond acceptors (Lipinski definition) is 4. The van der Waals surface area contributed by atoms with Gasteiger partial charge in [0.2, 0.25) is 0 Å². The molecule has 7 heteroatoms. The van der Waals surface area contributed by atoms with Crippen molar-refractivity contribution in [3.8, 4) is 0 Å². The zero-order valence-corrected chi connectivity index (χ0v) is 12.0. The Kier molecular flexibility index (Phi) is 2.32. The molecule has 0 radical (unpaired) electrons. The Balaban J connectivity index is 2.34. The highest BCUT2D eigenvalue weighted by Gasteiger charge is 3.05. The summed E-state index contributed by atoms with van der Waals surface area (Å²) in [5, 5.41) is 0. The van der Waals surface area contributed by atoms with E-state index in [2.05, 4.69) is 4.74 Å². The second kappa shape index (κ2) is 3.34. The first-order valence-electron chi connectivity index (χ1n) is 6.52. The van der Waals surface area contributed by atoms with Crippen molar-refractivity contribution in [2.75, 3.05) is 7.11 Å². The number of ketones is 1. The van der Waals surface area contributed by atoms with Gasteiger partial charge in [0.25, 0.3) is 0 Å². The summed E-state index contributed by atoms with van der Waals surface area (Å²) in [6.07, 6.45) is -2.00. The van der Waals surface area contributed by atoms with Crippen molar-refractivity contribution in [3.05, 3.63) is 12.2 Å². The maximum absolute atomic E-state index is 13.9. The number of esters is 1. The molecule has 0 aromatic heterocycles. The Labute approximate surface area is 119 Å². The molecule has 0 aromatic carbocycles. The highest BCUT2D eigenvalue weighted by molar-refractivity contribution is 6.00. The van der Waals surface area contributed by atoms with Crippen molar-refractivity contribution >= 4 is 11.8 Å². The van der Waals surface area contributed by atoms with E-state index in [-0.39, 0.29) is 0 Å². The summed E-state index contributed by atoms with van der Waals surface area (Å²) >= 11 is 0. The van der Waals surface area contributed by atoms with Crippen LogP contribution in [0, 0.1) is 16.7 Å². The van der Waals surface area contributed by atoms with E-state index in [1.54, 1.807) is 0 Å². The number of halogens is 3. The van der Waals surface area contributed by atoms with Crippen molar-refractivity contribution in [2.45, 2.75) is 38.1 Å². The smallest absolute Gasteiger partial charge is 0.399 e. The van der Waals surface area contributed by atoms with E-state index in [0.717, 1.165) is 14.0 Å². The lowest BCUT2D eigenvalue weighted by Crippen LogP contribution is -2.47. The quantitative estimate of drug-likeness (QED) is 0.578. The Morgan fingerprint density at radius 2 is 1.71 bits per heavy atom. The molecule has 0 spiro atoms. The topological polar surface area (TPSA) is 52.6 Å². The Bertz CT molecular complexity index is 598. The number of alkyl halides is 3. The van der Waals surface area contributed by atoms with Crippen LogP contribution in [0.5, 0.6) is 0 Å². The fourth-order valence-electron chi connectivity index (χ4n) is 5.05. The molecule has 2 aliphatic heterocycles. The molecule has 5 atom stereocenters. The largest absolute Gasteiger partial charge is 0.469 e. The van der Waals surface area contributed by atoms with Gasteiger partial charge in [0.05, 0.1) is 24.0 Å². The van der Waals surface area contributed by atoms with Gasteiger partial charge in [-0.2, -0.15) is 13.2 Å². The van der Waals surface area contributed by atoms with Crippen LogP contribution in [0.3, 0.4) is 0 Å². The lowest BCUT2D eigenvalue weighted by atomic mass is 9.69. The minimum absolute atomic E-state index is 0.703. The van der Waals surface area contributed by atoms with Crippen molar-refractivity contribution < 1.29 is 32.2 Å². The van der Waals surface area contributed by atoms with Gasteiger partial charge in [0.1, 0.15) is 16.8 Å². The third-order valence-corrected chi connectivity index (χ3v) is 5.55. The fourth-order valence-corrected chi connectivity index (χ4v) is 5.05. The highest BCUT2D eigenvalue weighted by atomic mass is 19.4.